The van der Waals surface area contributed by atoms with Gasteiger partial charge in [0.15, 0.2) is 0 Å². The van der Waals surface area contributed by atoms with Crippen molar-refractivity contribution in [2.75, 3.05) is 6.54 Å². The third-order valence-electron chi connectivity index (χ3n) is 1.87. The highest BCUT2D eigenvalue weighted by molar-refractivity contribution is 7.12. The molecule has 2 rings (SSSR count). The molecule has 0 aliphatic carbocycles. The van der Waals surface area contributed by atoms with Crippen molar-refractivity contribution in [1.82, 2.24) is 9.55 Å². The van der Waals surface area contributed by atoms with Crippen molar-refractivity contribution in [3.05, 3.63) is 40.6 Å². The summed E-state index contributed by atoms with van der Waals surface area (Å²) in [5.41, 5.74) is 5.31. The van der Waals surface area contributed by atoms with Crippen LogP contribution in [0, 0.1) is 11.8 Å². The first-order valence-electron chi connectivity index (χ1n) is 4.62. The number of nitrogens with two attached hydrogens (primary N) is 1. The largest absolute Gasteiger partial charge is 0.332 e. The lowest BCUT2D eigenvalue weighted by Gasteiger charge is -1.96. The summed E-state index contributed by atoms with van der Waals surface area (Å²) in [6, 6.07) is 4.12. The third-order valence-corrected chi connectivity index (χ3v) is 2.86. The molecule has 2 N–H and O–H groups in total. The van der Waals surface area contributed by atoms with Gasteiger partial charge in [0, 0.05) is 17.3 Å². The Labute approximate surface area is 92.6 Å². The SMILES string of the molecule is NCC#Cc1ccc(Cn2ccnc2)s1. The molecule has 0 bridgehead atoms. The van der Waals surface area contributed by atoms with E-state index < -0.39 is 0 Å². The van der Waals surface area contributed by atoms with Crippen LogP contribution in [-0.2, 0) is 6.54 Å². The fourth-order valence-electron chi connectivity index (χ4n) is 1.23. The fourth-order valence-corrected chi connectivity index (χ4v) is 2.12. The van der Waals surface area contributed by atoms with Crippen LogP contribution in [0.1, 0.15) is 9.75 Å². The van der Waals surface area contributed by atoms with Crippen LogP contribution in [-0.4, -0.2) is 16.1 Å². The highest BCUT2D eigenvalue weighted by Crippen LogP contribution is 2.16. The maximum Gasteiger partial charge on any atom is 0.0949 e. The number of hydrogen-bond donors (Lipinski definition) is 1. The summed E-state index contributed by atoms with van der Waals surface area (Å²) in [4.78, 5) is 6.34. The molecule has 2 heterocycles. The summed E-state index contributed by atoms with van der Waals surface area (Å²) in [5.74, 6) is 5.87. The van der Waals surface area contributed by atoms with Crippen molar-refractivity contribution in [1.29, 1.82) is 0 Å². The smallest absolute Gasteiger partial charge is 0.0949 e. The van der Waals surface area contributed by atoms with Gasteiger partial charge in [0.25, 0.3) is 0 Å². The van der Waals surface area contributed by atoms with E-state index in [0.717, 1.165) is 11.4 Å². The predicted octanol–water partition coefficient (Wildman–Crippen LogP) is 1.30. The summed E-state index contributed by atoms with van der Waals surface area (Å²) in [6.07, 6.45) is 5.54. The van der Waals surface area contributed by atoms with Crippen LogP contribution in [0.3, 0.4) is 0 Å². The second kappa shape index (κ2) is 4.78. The van der Waals surface area contributed by atoms with E-state index in [1.54, 1.807) is 17.5 Å². The minimum atomic E-state index is 0.411. The molecule has 0 saturated carbocycles. The molecule has 2 aromatic heterocycles. The Morgan fingerprint density at radius 3 is 3.13 bits per heavy atom. The highest BCUT2D eigenvalue weighted by Gasteiger charge is 1.98. The van der Waals surface area contributed by atoms with Gasteiger partial charge in [-0.15, -0.1) is 11.3 Å². The number of rotatable bonds is 2. The first-order chi connectivity index (χ1) is 7.38. The summed E-state index contributed by atoms with van der Waals surface area (Å²) in [7, 11) is 0. The molecule has 0 radical (unpaired) electrons. The number of aromatic nitrogens is 2. The standard InChI is InChI=1S/C11H11N3S/c12-5-1-2-10-3-4-11(15-10)8-14-7-6-13-9-14/h3-4,6-7,9H,5,8,12H2. The molecule has 0 saturated heterocycles. The van der Waals surface area contributed by atoms with Gasteiger partial charge in [-0.3, -0.25) is 0 Å². The number of imidazole rings is 1. The average Bonchev–Trinajstić information content (AvgIpc) is 2.87. The van der Waals surface area contributed by atoms with Crippen LogP contribution in [0.2, 0.25) is 0 Å². The zero-order valence-corrected chi connectivity index (χ0v) is 9.00. The van der Waals surface area contributed by atoms with Gasteiger partial charge >= 0.3 is 0 Å². The van der Waals surface area contributed by atoms with Gasteiger partial charge in [-0.2, -0.15) is 0 Å². The minimum absolute atomic E-state index is 0.411. The number of nitrogens with zero attached hydrogens (tertiary/aromatic N) is 2. The van der Waals surface area contributed by atoms with E-state index in [0.29, 0.717) is 6.54 Å². The molecular weight excluding hydrogens is 206 g/mol. The van der Waals surface area contributed by atoms with Gasteiger partial charge in [0.05, 0.1) is 24.3 Å². The van der Waals surface area contributed by atoms with Crippen molar-refractivity contribution in [3.8, 4) is 11.8 Å². The van der Waals surface area contributed by atoms with Crippen LogP contribution >= 0.6 is 11.3 Å². The molecule has 0 aliphatic heterocycles. The van der Waals surface area contributed by atoms with Gasteiger partial charge in [-0.05, 0) is 12.1 Å². The Hall–Kier alpha value is -1.57. The molecule has 2 aromatic rings. The van der Waals surface area contributed by atoms with E-state index in [-0.39, 0.29) is 0 Å². The summed E-state index contributed by atoms with van der Waals surface area (Å²) in [6.45, 7) is 1.27. The Balaban J connectivity index is 2.07. The van der Waals surface area contributed by atoms with Gasteiger partial charge in [0.1, 0.15) is 0 Å². The van der Waals surface area contributed by atoms with E-state index in [1.807, 2.05) is 23.2 Å². The normalized spacial score (nSPS) is 9.67. The van der Waals surface area contributed by atoms with Crippen molar-refractivity contribution in [2.24, 2.45) is 5.73 Å². The van der Waals surface area contributed by atoms with Crippen molar-refractivity contribution < 1.29 is 0 Å². The number of thiophene rings is 1. The lowest BCUT2D eigenvalue weighted by atomic mass is 10.4. The molecule has 0 amide bonds. The molecule has 0 fully saturated rings. The van der Waals surface area contributed by atoms with Crippen molar-refractivity contribution in [3.63, 3.8) is 0 Å². The molecule has 3 nitrogen and oxygen atoms in total. The molecule has 0 aliphatic rings. The van der Waals surface area contributed by atoms with Gasteiger partial charge < -0.3 is 10.3 Å². The van der Waals surface area contributed by atoms with Crippen molar-refractivity contribution >= 4 is 11.3 Å². The number of hydrogen-bond acceptors (Lipinski definition) is 3. The molecule has 15 heavy (non-hydrogen) atoms. The summed E-state index contributed by atoms with van der Waals surface area (Å²) in [5, 5.41) is 0. The zero-order valence-electron chi connectivity index (χ0n) is 8.18. The maximum absolute atomic E-state index is 5.31. The molecular formula is C11H11N3S. The van der Waals surface area contributed by atoms with Gasteiger partial charge in [0.2, 0.25) is 0 Å². The van der Waals surface area contributed by atoms with Crippen LogP contribution in [0.4, 0.5) is 0 Å². The van der Waals surface area contributed by atoms with Crippen LogP contribution in [0.5, 0.6) is 0 Å². The molecule has 4 heteroatoms. The molecule has 0 unspecified atom stereocenters. The zero-order chi connectivity index (χ0) is 10.5. The lowest BCUT2D eigenvalue weighted by Crippen LogP contribution is -1.93. The minimum Gasteiger partial charge on any atom is -0.332 e. The second-order valence-electron chi connectivity index (χ2n) is 3.01. The van der Waals surface area contributed by atoms with Crippen LogP contribution in [0.15, 0.2) is 30.9 Å². The topological polar surface area (TPSA) is 43.8 Å². The molecule has 76 valence electrons. The lowest BCUT2D eigenvalue weighted by molar-refractivity contribution is 0.810. The summed E-state index contributed by atoms with van der Waals surface area (Å²) >= 11 is 1.69. The first kappa shape index (κ1) is 9.97. The van der Waals surface area contributed by atoms with E-state index >= 15 is 0 Å². The molecule has 0 spiro atoms. The van der Waals surface area contributed by atoms with E-state index in [9.17, 15) is 0 Å². The van der Waals surface area contributed by atoms with E-state index in [4.69, 9.17) is 5.73 Å². The monoisotopic (exact) mass is 217 g/mol. The predicted molar refractivity (Wildman–Crippen MR) is 61.6 cm³/mol. The average molecular weight is 217 g/mol. The Morgan fingerprint density at radius 2 is 2.40 bits per heavy atom. The Morgan fingerprint density at radius 1 is 1.47 bits per heavy atom. The van der Waals surface area contributed by atoms with Crippen LogP contribution < -0.4 is 5.73 Å². The van der Waals surface area contributed by atoms with Crippen molar-refractivity contribution in [2.45, 2.75) is 6.54 Å². The quantitative estimate of drug-likeness (QED) is 0.771. The Bertz CT molecular complexity index is 473. The highest BCUT2D eigenvalue weighted by atomic mass is 32.1. The summed E-state index contributed by atoms with van der Waals surface area (Å²) < 4.78 is 2.03. The third kappa shape index (κ3) is 2.69. The van der Waals surface area contributed by atoms with Gasteiger partial charge in [-0.1, -0.05) is 11.8 Å². The second-order valence-corrected chi connectivity index (χ2v) is 4.18. The van der Waals surface area contributed by atoms with Gasteiger partial charge in [-0.25, -0.2) is 4.98 Å². The molecule has 0 aromatic carbocycles. The van der Waals surface area contributed by atoms with E-state index in [1.165, 1.54) is 4.88 Å². The molecule has 0 atom stereocenters. The van der Waals surface area contributed by atoms with E-state index in [2.05, 4.69) is 22.9 Å². The first-order valence-corrected chi connectivity index (χ1v) is 5.43. The fraction of sp³-hybridized carbons (Fsp3) is 0.182. The Kier molecular flexibility index (Phi) is 3.18. The van der Waals surface area contributed by atoms with Crippen LogP contribution in [0.25, 0.3) is 0 Å². The maximum atomic E-state index is 5.31.